The Balaban J connectivity index is 2.73. The Kier molecular flexibility index (Phi) is 4.63. The van der Waals surface area contributed by atoms with Crippen molar-refractivity contribution in [1.29, 1.82) is 0 Å². The largest absolute Gasteiger partial charge is 0.494 e. The van der Waals surface area contributed by atoms with Crippen LogP contribution in [0.15, 0.2) is 18.2 Å². The van der Waals surface area contributed by atoms with Crippen molar-refractivity contribution in [2.45, 2.75) is 27.2 Å². The van der Waals surface area contributed by atoms with Crippen LogP contribution in [0.25, 0.3) is 0 Å². The molecule has 1 unspecified atom stereocenters. The average molecular weight is 207 g/mol. The highest BCUT2D eigenvalue weighted by atomic mass is 16.5. The Morgan fingerprint density at radius 3 is 2.67 bits per heavy atom. The smallest absolute Gasteiger partial charge is 0.122 e. The maximum Gasteiger partial charge on any atom is 0.122 e. The molecule has 1 aromatic rings. The summed E-state index contributed by atoms with van der Waals surface area (Å²) in [5.74, 6) is 1.53. The Morgan fingerprint density at radius 1 is 1.40 bits per heavy atom. The lowest BCUT2D eigenvalue weighted by Crippen LogP contribution is -2.13. The SMILES string of the molecule is CCOc1ccc(CC(C)CN)cc1C. The van der Waals surface area contributed by atoms with Gasteiger partial charge in [-0.2, -0.15) is 0 Å². The topological polar surface area (TPSA) is 35.2 Å². The summed E-state index contributed by atoms with van der Waals surface area (Å²) in [4.78, 5) is 0. The van der Waals surface area contributed by atoms with Gasteiger partial charge in [0, 0.05) is 0 Å². The van der Waals surface area contributed by atoms with Gasteiger partial charge in [0.1, 0.15) is 5.75 Å². The van der Waals surface area contributed by atoms with E-state index < -0.39 is 0 Å². The molecule has 0 fully saturated rings. The molecule has 2 nitrogen and oxygen atoms in total. The number of hydrogen-bond acceptors (Lipinski definition) is 2. The Bertz CT molecular complexity index is 309. The van der Waals surface area contributed by atoms with Crippen molar-refractivity contribution in [2.24, 2.45) is 11.7 Å². The molecule has 0 aliphatic heterocycles. The van der Waals surface area contributed by atoms with Crippen LogP contribution in [0.5, 0.6) is 5.75 Å². The van der Waals surface area contributed by atoms with Crippen LogP contribution >= 0.6 is 0 Å². The van der Waals surface area contributed by atoms with Crippen molar-refractivity contribution in [3.63, 3.8) is 0 Å². The first-order valence-electron chi connectivity index (χ1n) is 5.59. The van der Waals surface area contributed by atoms with E-state index in [0.29, 0.717) is 5.92 Å². The predicted octanol–water partition coefficient (Wildman–Crippen LogP) is 2.53. The third-order valence-corrected chi connectivity index (χ3v) is 2.53. The lowest BCUT2D eigenvalue weighted by Gasteiger charge is -2.11. The molecule has 2 heteroatoms. The monoisotopic (exact) mass is 207 g/mol. The average Bonchev–Trinajstić information content (AvgIpc) is 2.22. The van der Waals surface area contributed by atoms with Crippen LogP contribution in [0, 0.1) is 12.8 Å². The zero-order chi connectivity index (χ0) is 11.3. The quantitative estimate of drug-likeness (QED) is 0.805. The first kappa shape index (κ1) is 12.1. The second-order valence-electron chi connectivity index (χ2n) is 4.08. The molecule has 0 aromatic heterocycles. The molecular weight excluding hydrogens is 186 g/mol. The molecule has 1 rings (SSSR count). The minimum atomic E-state index is 0.544. The highest BCUT2D eigenvalue weighted by molar-refractivity contribution is 5.36. The molecule has 0 aliphatic carbocycles. The van der Waals surface area contributed by atoms with Crippen LogP contribution in [0.4, 0.5) is 0 Å². The normalized spacial score (nSPS) is 12.5. The van der Waals surface area contributed by atoms with Crippen molar-refractivity contribution < 1.29 is 4.74 Å². The van der Waals surface area contributed by atoms with Crippen LogP contribution in [0.3, 0.4) is 0 Å². The summed E-state index contributed by atoms with van der Waals surface area (Å²) in [6, 6.07) is 6.37. The van der Waals surface area contributed by atoms with E-state index in [1.54, 1.807) is 0 Å². The fourth-order valence-electron chi connectivity index (χ4n) is 1.64. The fraction of sp³-hybridized carbons (Fsp3) is 0.538. The summed E-state index contributed by atoms with van der Waals surface area (Å²) in [7, 11) is 0. The molecule has 0 amide bonds. The third kappa shape index (κ3) is 3.56. The van der Waals surface area contributed by atoms with Gasteiger partial charge in [0.05, 0.1) is 6.61 Å². The van der Waals surface area contributed by atoms with E-state index in [1.807, 2.05) is 6.92 Å². The summed E-state index contributed by atoms with van der Waals surface area (Å²) in [6.45, 7) is 7.73. The highest BCUT2D eigenvalue weighted by Crippen LogP contribution is 2.20. The van der Waals surface area contributed by atoms with E-state index in [4.69, 9.17) is 10.5 Å². The summed E-state index contributed by atoms with van der Waals surface area (Å²) in [5, 5.41) is 0. The van der Waals surface area contributed by atoms with Crippen molar-refractivity contribution in [3.8, 4) is 5.75 Å². The molecule has 0 bridgehead atoms. The van der Waals surface area contributed by atoms with E-state index in [9.17, 15) is 0 Å². The molecule has 0 radical (unpaired) electrons. The second-order valence-corrected chi connectivity index (χ2v) is 4.08. The van der Waals surface area contributed by atoms with Crippen LogP contribution in [0.1, 0.15) is 25.0 Å². The predicted molar refractivity (Wildman–Crippen MR) is 64.3 cm³/mol. The van der Waals surface area contributed by atoms with Crippen molar-refractivity contribution >= 4 is 0 Å². The number of hydrogen-bond donors (Lipinski definition) is 1. The van der Waals surface area contributed by atoms with E-state index in [0.717, 1.165) is 25.3 Å². The highest BCUT2D eigenvalue weighted by Gasteiger charge is 2.04. The van der Waals surface area contributed by atoms with Gasteiger partial charge in [-0.25, -0.2) is 0 Å². The van der Waals surface area contributed by atoms with Gasteiger partial charge in [-0.3, -0.25) is 0 Å². The summed E-state index contributed by atoms with van der Waals surface area (Å²) >= 11 is 0. The molecule has 0 heterocycles. The first-order valence-corrected chi connectivity index (χ1v) is 5.59. The van der Waals surface area contributed by atoms with Gasteiger partial charge < -0.3 is 10.5 Å². The van der Waals surface area contributed by atoms with Crippen LogP contribution in [-0.2, 0) is 6.42 Å². The third-order valence-electron chi connectivity index (χ3n) is 2.53. The van der Waals surface area contributed by atoms with Gasteiger partial charge in [-0.1, -0.05) is 19.1 Å². The van der Waals surface area contributed by atoms with Crippen molar-refractivity contribution in [2.75, 3.05) is 13.2 Å². The van der Waals surface area contributed by atoms with E-state index in [-0.39, 0.29) is 0 Å². The first-order chi connectivity index (χ1) is 7.17. The number of nitrogens with two attached hydrogens (primary N) is 1. The van der Waals surface area contributed by atoms with Gasteiger partial charge >= 0.3 is 0 Å². The zero-order valence-electron chi connectivity index (χ0n) is 9.92. The molecule has 15 heavy (non-hydrogen) atoms. The molecule has 84 valence electrons. The number of benzene rings is 1. The lowest BCUT2D eigenvalue weighted by molar-refractivity contribution is 0.337. The Hall–Kier alpha value is -1.02. The minimum Gasteiger partial charge on any atom is -0.494 e. The maximum atomic E-state index is 5.61. The van der Waals surface area contributed by atoms with Crippen LogP contribution in [0.2, 0.25) is 0 Å². The Labute approximate surface area is 92.4 Å². The number of rotatable bonds is 5. The fourth-order valence-corrected chi connectivity index (χ4v) is 1.64. The number of ether oxygens (including phenoxy) is 1. The standard InChI is InChI=1S/C13H21NO/c1-4-15-13-6-5-12(8-11(13)3)7-10(2)9-14/h5-6,8,10H,4,7,9,14H2,1-3H3. The van der Waals surface area contributed by atoms with Gasteiger partial charge in [0.2, 0.25) is 0 Å². The molecular formula is C13H21NO. The molecule has 1 aromatic carbocycles. The van der Waals surface area contributed by atoms with Gasteiger partial charge in [0.25, 0.3) is 0 Å². The van der Waals surface area contributed by atoms with Crippen LogP contribution in [-0.4, -0.2) is 13.2 Å². The van der Waals surface area contributed by atoms with Gasteiger partial charge in [0.15, 0.2) is 0 Å². The van der Waals surface area contributed by atoms with E-state index >= 15 is 0 Å². The molecule has 2 N–H and O–H groups in total. The second kappa shape index (κ2) is 5.76. The maximum absolute atomic E-state index is 5.61. The van der Waals surface area contributed by atoms with E-state index in [1.165, 1.54) is 11.1 Å². The Morgan fingerprint density at radius 2 is 2.13 bits per heavy atom. The minimum absolute atomic E-state index is 0.544. The molecule has 0 saturated heterocycles. The lowest BCUT2D eigenvalue weighted by atomic mass is 9.99. The summed E-state index contributed by atoms with van der Waals surface area (Å²) in [5.41, 5.74) is 8.16. The zero-order valence-corrected chi connectivity index (χ0v) is 9.92. The molecule has 0 aliphatic rings. The van der Waals surface area contributed by atoms with Crippen molar-refractivity contribution in [1.82, 2.24) is 0 Å². The van der Waals surface area contributed by atoms with Crippen molar-refractivity contribution in [3.05, 3.63) is 29.3 Å². The molecule has 1 atom stereocenters. The van der Waals surface area contributed by atoms with Gasteiger partial charge in [-0.05, 0) is 49.9 Å². The summed E-state index contributed by atoms with van der Waals surface area (Å²) < 4.78 is 5.50. The van der Waals surface area contributed by atoms with Crippen LogP contribution < -0.4 is 10.5 Å². The van der Waals surface area contributed by atoms with Gasteiger partial charge in [-0.15, -0.1) is 0 Å². The van der Waals surface area contributed by atoms with E-state index in [2.05, 4.69) is 32.0 Å². The molecule has 0 spiro atoms. The number of aryl methyl sites for hydroxylation is 1. The molecule has 0 saturated carbocycles. The summed E-state index contributed by atoms with van der Waals surface area (Å²) in [6.07, 6.45) is 1.05.